The predicted octanol–water partition coefficient (Wildman–Crippen LogP) is 1.99. The second-order valence-electron chi connectivity index (χ2n) is 4.16. The van der Waals surface area contributed by atoms with E-state index in [2.05, 4.69) is 20.5 Å². The van der Waals surface area contributed by atoms with Crippen LogP contribution in [-0.2, 0) is 7.05 Å². The largest absolute Gasteiger partial charge is 0.296 e. The normalized spacial score (nSPS) is 10.8. The fraction of sp³-hybridized carbons (Fsp3) is 0.167. The van der Waals surface area contributed by atoms with E-state index in [4.69, 9.17) is 0 Å². The summed E-state index contributed by atoms with van der Waals surface area (Å²) in [6.07, 6.45) is 1.42. The lowest BCUT2D eigenvalue weighted by Crippen LogP contribution is -2.12. The highest BCUT2D eigenvalue weighted by atomic mass is 32.1. The average Bonchev–Trinajstić information content (AvgIpc) is 2.94. The molecule has 3 rings (SSSR count). The van der Waals surface area contributed by atoms with E-state index in [0.29, 0.717) is 5.13 Å². The summed E-state index contributed by atoms with van der Waals surface area (Å²) in [6.45, 7) is 2.02. The summed E-state index contributed by atoms with van der Waals surface area (Å²) in [5, 5.41) is 11.1. The van der Waals surface area contributed by atoms with E-state index in [1.807, 2.05) is 25.1 Å². The van der Waals surface area contributed by atoms with Gasteiger partial charge in [0.1, 0.15) is 0 Å². The number of thiazole rings is 1. The molecule has 96 valence electrons. The number of fused-ring (bicyclic) bond motifs is 1. The van der Waals surface area contributed by atoms with Crippen LogP contribution in [0.1, 0.15) is 16.1 Å². The van der Waals surface area contributed by atoms with Crippen LogP contribution in [0, 0.1) is 6.92 Å². The van der Waals surface area contributed by atoms with Crippen molar-refractivity contribution in [3.05, 3.63) is 35.7 Å². The van der Waals surface area contributed by atoms with Crippen molar-refractivity contribution >= 4 is 32.6 Å². The van der Waals surface area contributed by atoms with E-state index in [9.17, 15) is 4.79 Å². The van der Waals surface area contributed by atoms with E-state index in [-0.39, 0.29) is 11.6 Å². The fourth-order valence-corrected chi connectivity index (χ4v) is 2.66. The van der Waals surface area contributed by atoms with E-state index >= 15 is 0 Å². The third-order valence-corrected chi connectivity index (χ3v) is 3.53. The van der Waals surface area contributed by atoms with Crippen LogP contribution in [0.4, 0.5) is 5.13 Å². The predicted molar refractivity (Wildman–Crippen MR) is 73.3 cm³/mol. The molecule has 2 aromatic heterocycles. The topological polar surface area (TPSA) is 72.7 Å². The molecule has 6 nitrogen and oxygen atoms in total. The molecule has 19 heavy (non-hydrogen) atoms. The summed E-state index contributed by atoms with van der Waals surface area (Å²) in [4.78, 5) is 17.6. The number of nitrogens with one attached hydrogen (secondary N) is 1. The van der Waals surface area contributed by atoms with Gasteiger partial charge >= 0.3 is 0 Å². The third kappa shape index (κ3) is 2.32. The van der Waals surface area contributed by atoms with Gasteiger partial charge in [0.15, 0.2) is 10.8 Å². The molecule has 0 aliphatic carbocycles. The van der Waals surface area contributed by atoms with Gasteiger partial charge in [-0.3, -0.25) is 10.1 Å². The van der Waals surface area contributed by atoms with Gasteiger partial charge in [-0.2, -0.15) is 9.90 Å². The molecule has 7 heteroatoms. The molecule has 0 atom stereocenters. The van der Waals surface area contributed by atoms with E-state index in [1.165, 1.54) is 27.9 Å². The number of nitrogens with zero attached hydrogens (tertiary/aromatic N) is 4. The van der Waals surface area contributed by atoms with Gasteiger partial charge in [0, 0.05) is 7.05 Å². The maximum atomic E-state index is 11.9. The molecule has 2 heterocycles. The summed E-state index contributed by atoms with van der Waals surface area (Å²) in [5.74, 6) is -0.302. The first kappa shape index (κ1) is 11.8. The monoisotopic (exact) mass is 273 g/mol. The average molecular weight is 273 g/mol. The second kappa shape index (κ2) is 4.43. The standard InChI is InChI=1S/C12H11N5OS/c1-7-3-4-8-10(5-7)19-12(14-8)15-11(18)9-6-13-17(2)16-9/h3-6H,1-2H3,(H,14,15,18). The smallest absolute Gasteiger partial charge is 0.279 e. The van der Waals surface area contributed by atoms with Crippen molar-refractivity contribution < 1.29 is 4.79 Å². The van der Waals surface area contributed by atoms with Crippen molar-refractivity contribution in [3.8, 4) is 0 Å². The lowest BCUT2D eigenvalue weighted by molar-refractivity contribution is 0.102. The molecule has 1 N–H and O–H groups in total. The summed E-state index contributed by atoms with van der Waals surface area (Å²) in [5.41, 5.74) is 2.32. The lowest BCUT2D eigenvalue weighted by atomic mass is 10.2. The van der Waals surface area contributed by atoms with Crippen molar-refractivity contribution in [2.75, 3.05) is 5.32 Å². The Morgan fingerprint density at radius 1 is 1.42 bits per heavy atom. The van der Waals surface area contributed by atoms with Crippen LogP contribution in [0.25, 0.3) is 10.2 Å². The van der Waals surface area contributed by atoms with Gasteiger partial charge in [0.2, 0.25) is 0 Å². The van der Waals surface area contributed by atoms with Crippen molar-refractivity contribution in [1.82, 2.24) is 20.0 Å². The van der Waals surface area contributed by atoms with E-state index in [1.54, 1.807) is 7.05 Å². The summed E-state index contributed by atoms with van der Waals surface area (Å²) >= 11 is 1.44. The molecule has 0 fully saturated rings. The summed E-state index contributed by atoms with van der Waals surface area (Å²) in [7, 11) is 1.66. The molecule has 0 radical (unpaired) electrons. The fourth-order valence-electron chi connectivity index (χ4n) is 1.70. The van der Waals surface area contributed by atoms with Gasteiger partial charge in [0.25, 0.3) is 5.91 Å². The quantitative estimate of drug-likeness (QED) is 0.775. The van der Waals surface area contributed by atoms with Crippen LogP contribution in [0.3, 0.4) is 0 Å². The molecule has 0 aliphatic rings. The Balaban J connectivity index is 1.87. The zero-order valence-corrected chi connectivity index (χ0v) is 11.2. The number of carbonyl (C=O) groups is 1. The number of aryl methyl sites for hydroxylation is 2. The first-order chi connectivity index (χ1) is 9.11. The molecule has 0 bridgehead atoms. The van der Waals surface area contributed by atoms with E-state index < -0.39 is 0 Å². The SMILES string of the molecule is Cc1ccc2nc(NC(=O)c3cnn(C)n3)sc2c1. The highest BCUT2D eigenvalue weighted by Gasteiger charge is 2.12. The maximum Gasteiger partial charge on any atom is 0.279 e. The molecule has 0 saturated carbocycles. The highest BCUT2D eigenvalue weighted by Crippen LogP contribution is 2.26. The van der Waals surface area contributed by atoms with Crippen molar-refractivity contribution in [1.29, 1.82) is 0 Å². The minimum absolute atomic E-state index is 0.276. The van der Waals surface area contributed by atoms with Gasteiger partial charge in [-0.1, -0.05) is 17.4 Å². The Kier molecular flexibility index (Phi) is 2.75. The Morgan fingerprint density at radius 3 is 3.00 bits per heavy atom. The number of hydrogen-bond acceptors (Lipinski definition) is 5. The first-order valence-corrected chi connectivity index (χ1v) is 6.48. The number of amides is 1. The van der Waals surface area contributed by atoms with Gasteiger partial charge in [-0.05, 0) is 24.6 Å². The molecule has 0 aliphatic heterocycles. The van der Waals surface area contributed by atoms with Gasteiger partial charge in [-0.15, -0.1) is 5.10 Å². The molecule has 0 saturated heterocycles. The molecule has 1 amide bonds. The Morgan fingerprint density at radius 2 is 2.26 bits per heavy atom. The molecular formula is C12H11N5OS. The Labute approximate surface area is 113 Å². The number of rotatable bonds is 2. The summed E-state index contributed by atoms with van der Waals surface area (Å²) < 4.78 is 1.05. The lowest BCUT2D eigenvalue weighted by Gasteiger charge is -1.95. The van der Waals surface area contributed by atoms with Gasteiger partial charge in [-0.25, -0.2) is 4.98 Å². The Bertz CT molecular complexity index is 760. The Hall–Kier alpha value is -2.28. The zero-order valence-electron chi connectivity index (χ0n) is 10.4. The van der Waals surface area contributed by atoms with Crippen LogP contribution in [0.2, 0.25) is 0 Å². The molecule has 3 aromatic rings. The number of aromatic nitrogens is 4. The molecular weight excluding hydrogens is 262 g/mol. The van der Waals surface area contributed by atoms with Crippen LogP contribution < -0.4 is 5.32 Å². The number of hydrogen-bond donors (Lipinski definition) is 1. The number of benzene rings is 1. The molecule has 1 aromatic carbocycles. The maximum absolute atomic E-state index is 11.9. The number of carbonyl (C=O) groups excluding carboxylic acids is 1. The number of anilines is 1. The van der Waals surface area contributed by atoms with Crippen molar-refractivity contribution in [2.24, 2.45) is 7.05 Å². The van der Waals surface area contributed by atoms with Crippen molar-refractivity contribution in [2.45, 2.75) is 6.92 Å². The van der Waals surface area contributed by atoms with Crippen LogP contribution >= 0.6 is 11.3 Å². The minimum Gasteiger partial charge on any atom is -0.296 e. The second-order valence-corrected chi connectivity index (χ2v) is 5.19. The summed E-state index contributed by atoms with van der Waals surface area (Å²) in [6, 6.07) is 5.99. The minimum atomic E-state index is -0.302. The third-order valence-electron chi connectivity index (χ3n) is 2.60. The van der Waals surface area contributed by atoms with E-state index in [0.717, 1.165) is 10.2 Å². The first-order valence-electron chi connectivity index (χ1n) is 5.67. The van der Waals surface area contributed by atoms with Crippen LogP contribution in [-0.4, -0.2) is 25.9 Å². The molecule has 0 spiro atoms. The van der Waals surface area contributed by atoms with Crippen LogP contribution in [0.5, 0.6) is 0 Å². The van der Waals surface area contributed by atoms with Crippen LogP contribution in [0.15, 0.2) is 24.4 Å². The molecule has 0 unspecified atom stereocenters. The van der Waals surface area contributed by atoms with Gasteiger partial charge in [0.05, 0.1) is 16.4 Å². The van der Waals surface area contributed by atoms with Crippen molar-refractivity contribution in [3.63, 3.8) is 0 Å². The van der Waals surface area contributed by atoms with Gasteiger partial charge < -0.3 is 0 Å². The zero-order chi connectivity index (χ0) is 13.4. The highest BCUT2D eigenvalue weighted by molar-refractivity contribution is 7.22.